The summed E-state index contributed by atoms with van der Waals surface area (Å²) in [5.74, 6) is -0.205. The summed E-state index contributed by atoms with van der Waals surface area (Å²) < 4.78 is 13.9. The fraction of sp³-hybridized carbons (Fsp3) is 0.333. The zero-order valence-corrected chi connectivity index (χ0v) is 11.7. The molecule has 0 fully saturated rings. The maximum Gasteiger partial charge on any atom is 0.129 e. The molecule has 0 radical (unpaired) electrons. The first-order valence-electron chi connectivity index (χ1n) is 6.49. The summed E-state index contributed by atoms with van der Waals surface area (Å²) in [5.41, 5.74) is 8.18. The maximum atomic E-state index is 13.9. The van der Waals surface area contributed by atoms with Crippen molar-refractivity contribution in [1.82, 2.24) is 4.90 Å². The first-order valence-corrected chi connectivity index (χ1v) is 7.37. The van der Waals surface area contributed by atoms with Crippen LogP contribution in [0.5, 0.6) is 0 Å². The number of thiophene rings is 1. The van der Waals surface area contributed by atoms with Crippen LogP contribution in [0.4, 0.5) is 10.1 Å². The van der Waals surface area contributed by atoms with Gasteiger partial charge in [-0.25, -0.2) is 4.39 Å². The highest BCUT2D eigenvalue weighted by molar-refractivity contribution is 7.10. The first kappa shape index (κ1) is 12.6. The molecular formula is C15H17FN2S. The average molecular weight is 276 g/mol. The van der Waals surface area contributed by atoms with Crippen molar-refractivity contribution in [1.29, 1.82) is 0 Å². The van der Waals surface area contributed by atoms with Crippen molar-refractivity contribution in [2.24, 2.45) is 0 Å². The van der Waals surface area contributed by atoms with Gasteiger partial charge in [0.1, 0.15) is 5.82 Å². The summed E-state index contributed by atoms with van der Waals surface area (Å²) >= 11 is 1.83. The molecule has 2 aromatic rings. The van der Waals surface area contributed by atoms with Gasteiger partial charge in [-0.05, 0) is 42.5 Å². The van der Waals surface area contributed by atoms with E-state index in [1.165, 1.54) is 16.5 Å². The van der Waals surface area contributed by atoms with E-state index in [1.54, 1.807) is 12.1 Å². The van der Waals surface area contributed by atoms with Crippen LogP contribution in [-0.2, 0) is 13.0 Å². The molecular weight excluding hydrogens is 259 g/mol. The molecule has 0 saturated carbocycles. The second-order valence-corrected chi connectivity index (χ2v) is 6.05. The molecule has 3 rings (SSSR count). The summed E-state index contributed by atoms with van der Waals surface area (Å²) in [6.07, 6.45) is 1.06. The number of nitrogen functional groups attached to an aromatic ring is 1. The molecule has 2 heterocycles. The quantitative estimate of drug-likeness (QED) is 0.849. The van der Waals surface area contributed by atoms with Gasteiger partial charge in [-0.15, -0.1) is 11.3 Å². The van der Waals surface area contributed by atoms with E-state index in [0.29, 0.717) is 18.3 Å². The lowest BCUT2D eigenvalue weighted by atomic mass is 10.0. The number of hydrogen-bond donors (Lipinski definition) is 1. The van der Waals surface area contributed by atoms with Gasteiger partial charge in [0.15, 0.2) is 0 Å². The molecule has 0 saturated heterocycles. The SMILES string of the molecule is CC1c2ccsc2CCN1Cc1ccc(N)cc1F. The topological polar surface area (TPSA) is 29.3 Å². The van der Waals surface area contributed by atoms with Gasteiger partial charge in [0.2, 0.25) is 0 Å². The van der Waals surface area contributed by atoms with Crippen LogP contribution in [0.2, 0.25) is 0 Å². The second kappa shape index (κ2) is 4.94. The molecule has 1 aromatic carbocycles. The van der Waals surface area contributed by atoms with Gasteiger partial charge in [0.25, 0.3) is 0 Å². The summed E-state index contributed by atoms with van der Waals surface area (Å²) in [6.45, 7) is 3.82. The van der Waals surface area contributed by atoms with Crippen molar-refractivity contribution in [3.63, 3.8) is 0 Å². The Hall–Kier alpha value is -1.39. The summed E-state index contributed by atoms with van der Waals surface area (Å²) in [5, 5.41) is 2.15. The predicted octanol–water partition coefficient (Wildman–Crippen LogP) is 3.59. The lowest BCUT2D eigenvalue weighted by Gasteiger charge is -2.33. The normalized spacial score (nSPS) is 19.4. The third-order valence-corrected chi connectivity index (χ3v) is 4.85. The summed E-state index contributed by atoms with van der Waals surface area (Å²) in [7, 11) is 0. The minimum atomic E-state index is -0.205. The van der Waals surface area contributed by atoms with Crippen LogP contribution in [0, 0.1) is 5.82 Å². The molecule has 1 aliphatic heterocycles. The van der Waals surface area contributed by atoms with Gasteiger partial charge in [-0.3, -0.25) is 4.90 Å². The first-order chi connectivity index (χ1) is 9.15. The zero-order valence-electron chi connectivity index (χ0n) is 10.9. The molecule has 2 N–H and O–H groups in total. The Morgan fingerprint density at radius 3 is 3.05 bits per heavy atom. The highest BCUT2D eigenvalue weighted by Crippen LogP contribution is 2.33. The molecule has 19 heavy (non-hydrogen) atoms. The van der Waals surface area contributed by atoms with E-state index >= 15 is 0 Å². The Balaban J connectivity index is 1.81. The van der Waals surface area contributed by atoms with Crippen LogP contribution in [0.25, 0.3) is 0 Å². The minimum Gasteiger partial charge on any atom is -0.399 e. The number of fused-ring (bicyclic) bond motifs is 1. The van der Waals surface area contributed by atoms with Crippen molar-refractivity contribution < 1.29 is 4.39 Å². The van der Waals surface area contributed by atoms with Gasteiger partial charge in [-0.1, -0.05) is 6.07 Å². The molecule has 100 valence electrons. The van der Waals surface area contributed by atoms with Crippen LogP contribution < -0.4 is 5.73 Å². The number of nitrogens with zero attached hydrogens (tertiary/aromatic N) is 1. The molecule has 1 aromatic heterocycles. The van der Waals surface area contributed by atoms with Crippen LogP contribution in [0.15, 0.2) is 29.6 Å². The average Bonchev–Trinajstić information content (AvgIpc) is 2.85. The summed E-state index contributed by atoms with van der Waals surface area (Å²) in [4.78, 5) is 3.80. The molecule has 0 aliphatic carbocycles. The standard InChI is InChI=1S/C15H17FN2S/c1-10-13-5-7-19-15(13)4-6-18(10)9-11-2-3-12(17)8-14(11)16/h2-3,5,7-8,10H,4,6,9,17H2,1H3. The van der Waals surface area contributed by atoms with Crippen molar-refractivity contribution in [2.45, 2.75) is 25.9 Å². The number of rotatable bonds is 2. The van der Waals surface area contributed by atoms with Gasteiger partial charge >= 0.3 is 0 Å². The van der Waals surface area contributed by atoms with Crippen molar-refractivity contribution in [3.8, 4) is 0 Å². The maximum absolute atomic E-state index is 13.9. The van der Waals surface area contributed by atoms with E-state index in [1.807, 2.05) is 11.3 Å². The van der Waals surface area contributed by atoms with Crippen LogP contribution >= 0.6 is 11.3 Å². The van der Waals surface area contributed by atoms with Gasteiger partial charge in [0.05, 0.1) is 0 Å². The number of halogens is 1. The van der Waals surface area contributed by atoms with E-state index in [-0.39, 0.29) is 5.82 Å². The monoisotopic (exact) mass is 276 g/mol. The van der Waals surface area contributed by atoms with Crippen LogP contribution in [-0.4, -0.2) is 11.4 Å². The highest BCUT2D eigenvalue weighted by atomic mass is 32.1. The Morgan fingerprint density at radius 2 is 2.26 bits per heavy atom. The van der Waals surface area contributed by atoms with Crippen molar-refractivity contribution in [2.75, 3.05) is 12.3 Å². The van der Waals surface area contributed by atoms with E-state index in [2.05, 4.69) is 23.3 Å². The number of hydrogen-bond acceptors (Lipinski definition) is 3. The molecule has 1 atom stereocenters. The molecule has 0 spiro atoms. The van der Waals surface area contributed by atoms with Crippen LogP contribution in [0.3, 0.4) is 0 Å². The molecule has 0 amide bonds. The molecule has 0 bridgehead atoms. The molecule has 1 unspecified atom stereocenters. The van der Waals surface area contributed by atoms with Crippen molar-refractivity contribution >= 4 is 17.0 Å². The highest BCUT2D eigenvalue weighted by Gasteiger charge is 2.25. The van der Waals surface area contributed by atoms with Gasteiger partial charge < -0.3 is 5.73 Å². The van der Waals surface area contributed by atoms with E-state index in [0.717, 1.165) is 18.5 Å². The minimum absolute atomic E-state index is 0.205. The van der Waals surface area contributed by atoms with Gasteiger partial charge in [0, 0.05) is 35.3 Å². The van der Waals surface area contributed by atoms with E-state index < -0.39 is 0 Å². The Labute approximate surface area is 116 Å². The van der Waals surface area contributed by atoms with Crippen LogP contribution in [0.1, 0.15) is 29.0 Å². The molecule has 4 heteroatoms. The summed E-state index contributed by atoms with van der Waals surface area (Å²) in [6, 6.07) is 7.51. The Bertz CT molecular complexity index is 594. The Morgan fingerprint density at radius 1 is 1.42 bits per heavy atom. The molecule has 2 nitrogen and oxygen atoms in total. The fourth-order valence-corrected chi connectivity index (χ4v) is 3.65. The fourth-order valence-electron chi connectivity index (χ4n) is 2.69. The number of nitrogens with two attached hydrogens (primary N) is 1. The lowest BCUT2D eigenvalue weighted by Crippen LogP contribution is -2.32. The zero-order chi connectivity index (χ0) is 13.4. The third-order valence-electron chi connectivity index (χ3n) is 3.85. The largest absolute Gasteiger partial charge is 0.399 e. The van der Waals surface area contributed by atoms with Crippen molar-refractivity contribution in [3.05, 3.63) is 51.5 Å². The Kier molecular flexibility index (Phi) is 3.29. The number of benzene rings is 1. The smallest absolute Gasteiger partial charge is 0.129 e. The third kappa shape index (κ3) is 2.38. The second-order valence-electron chi connectivity index (χ2n) is 5.05. The number of anilines is 1. The van der Waals surface area contributed by atoms with E-state index in [4.69, 9.17) is 5.73 Å². The van der Waals surface area contributed by atoms with Gasteiger partial charge in [-0.2, -0.15) is 0 Å². The van der Waals surface area contributed by atoms with E-state index in [9.17, 15) is 4.39 Å². The predicted molar refractivity (Wildman–Crippen MR) is 77.7 cm³/mol. The molecule has 1 aliphatic rings. The lowest BCUT2D eigenvalue weighted by molar-refractivity contribution is 0.189.